The molecule has 3 rings (SSSR count). The number of nitrogens with zero attached hydrogens (tertiary/aromatic N) is 3. The third-order valence-electron chi connectivity index (χ3n) is 3.88. The van der Waals surface area contributed by atoms with E-state index in [1.54, 1.807) is 36.7 Å². The number of amides is 1. The van der Waals surface area contributed by atoms with Gasteiger partial charge >= 0.3 is 0 Å². The summed E-state index contributed by atoms with van der Waals surface area (Å²) in [4.78, 5) is 22.7. The Morgan fingerprint density at radius 3 is 2.84 bits per heavy atom. The average molecular weight is 381 g/mol. The van der Waals surface area contributed by atoms with Crippen LogP contribution in [0.2, 0.25) is 10.0 Å². The molecule has 25 heavy (non-hydrogen) atoms. The van der Waals surface area contributed by atoms with Crippen LogP contribution in [0.3, 0.4) is 0 Å². The lowest BCUT2D eigenvalue weighted by atomic mass is 10.1. The first-order chi connectivity index (χ1) is 12.1. The summed E-state index contributed by atoms with van der Waals surface area (Å²) in [5, 5.41) is 3.84. The summed E-state index contributed by atoms with van der Waals surface area (Å²) in [5.74, 6) is 1.02. The standard InChI is InChI=1S/C17H18Cl2N4O2/c18-14-5-4-13(9-15(14)19)25-11-16(24)22-12-3-1-8-23(10-12)17-20-6-2-7-21-17/h2,4-7,9,12H,1,3,8,10-11H2,(H,22,24). The minimum Gasteiger partial charge on any atom is -0.484 e. The minimum atomic E-state index is -0.174. The first-order valence-corrected chi connectivity index (χ1v) is 8.76. The van der Waals surface area contributed by atoms with Gasteiger partial charge in [-0.3, -0.25) is 4.79 Å². The fraction of sp³-hybridized carbons (Fsp3) is 0.353. The van der Waals surface area contributed by atoms with Crippen LogP contribution in [0.5, 0.6) is 5.75 Å². The predicted octanol–water partition coefficient (Wildman–Crippen LogP) is 2.95. The van der Waals surface area contributed by atoms with Crippen molar-refractivity contribution in [1.82, 2.24) is 15.3 Å². The number of hydrogen-bond donors (Lipinski definition) is 1. The van der Waals surface area contributed by atoms with Gasteiger partial charge in [0.05, 0.1) is 10.0 Å². The summed E-state index contributed by atoms with van der Waals surface area (Å²) in [6, 6.07) is 6.73. The van der Waals surface area contributed by atoms with Crippen LogP contribution in [0.1, 0.15) is 12.8 Å². The molecule has 1 amide bonds. The lowest BCUT2D eigenvalue weighted by molar-refractivity contribution is -0.123. The van der Waals surface area contributed by atoms with Gasteiger partial charge in [-0.2, -0.15) is 0 Å². The summed E-state index contributed by atoms with van der Waals surface area (Å²) < 4.78 is 5.46. The first kappa shape index (κ1) is 17.8. The van der Waals surface area contributed by atoms with Crippen LogP contribution in [0, 0.1) is 0 Å². The van der Waals surface area contributed by atoms with Crippen LogP contribution >= 0.6 is 23.2 Å². The molecule has 1 aliphatic heterocycles. The third kappa shape index (κ3) is 4.96. The van der Waals surface area contributed by atoms with Crippen molar-refractivity contribution in [2.45, 2.75) is 18.9 Å². The molecule has 2 heterocycles. The zero-order valence-electron chi connectivity index (χ0n) is 13.5. The van der Waals surface area contributed by atoms with Gasteiger partial charge in [0.15, 0.2) is 6.61 Å². The number of anilines is 1. The van der Waals surface area contributed by atoms with Gasteiger partial charge < -0.3 is 15.0 Å². The number of halogens is 2. The summed E-state index contributed by atoms with van der Waals surface area (Å²) >= 11 is 11.8. The molecule has 1 N–H and O–H groups in total. The van der Waals surface area contributed by atoms with E-state index in [9.17, 15) is 4.79 Å². The molecule has 2 aromatic rings. The highest BCUT2D eigenvalue weighted by molar-refractivity contribution is 6.42. The second kappa shape index (κ2) is 8.36. The number of hydrogen-bond acceptors (Lipinski definition) is 5. The monoisotopic (exact) mass is 380 g/mol. The molecule has 1 fully saturated rings. The quantitative estimate of drug-likeness (QED) is 0.863. The molecule has 1 atom stereocenters. The van der Waals surface area contributed by atoms with Crippen molar-refractivity contribution in [2.75, 3.05) is 24.6 Å². The molecule has 1 aliphatic rings. The zero-order valence-corrected chi connectivity index (χ0v) is 15.0. The van der Waals surface area contributed by atoms with Crippen molar-refractivity contribution in [3.8, 4) is 5.75 Å². The van der Waals surface area contributed by atoms with Gasteiger partial charge in [0, 0.05) is 37.6 Å². The van der Waals surface area contributed by atoms with E-state index in [1.165, 1.54) is 0 Å². The van der Waals surface area contributed by atoms with Gasteiger partial charge in [0.1, 0.15) is 5.75 Å². The molecule has 1 unspecified atom stereocenters. The minimum absolute atomic E-state index is 0.0439. The summed E-state index contributed by atoms with van der Waals surface area (Å²) in [6.07, 6.45) is 5.32. The Bertz CT molecular complexity index is 730. The molecular formula is C17H18Cl2N4O2. The lowest BCUT2D eigenvalue weighted by Gasteiger charge is -2.33. The van der Waals surface area contributed by atoms with E-state index in [4.69, 9.17) is 27.9 Å². The van der Waals surface area contributed by atoms with Crippen molar-refractivity contribution >= 4 is 35.1 Å². The molecule has 0 saturated carbocycles. The molecule has 0 radical (unpaired) electrons. The second-order valence-corrected chi connectivity index (χ2v) is 6.58. The van der Waals surface area contributed by atoms with Gasteiger partial charge in [-0.25, -0.2) is 9.97 Å². The molecule has 0 spiro atoms. The topological polar surface area (TPSA) is 67.3 Å². The number of carbonyl (C=O) groups is 1. The van der Waals surface area contributed by atoms with Crippen LogP contribution in [0.4, 0.5) is 5.95 Å². The van der Waals surface area contributed by atoms with Crippen LogP contribution in [-0.2, 0) is 4.79 Å². The van der Waals surface area contributed by atoms with E-state index in [0.29, 0.717) is 28.3 Å². The maximum atomic E-state index is 12.1. The average Bonchev–Trinajstić information content (AvgIpc) is 2.64. The van der Waals surface area contributed by atoms with Crippen molar-refractivity contribution in [3.63, 3.8) is 0 Å². The van der Waals surface area contributed by atoms with Crippen LogP contribution in [0.25, 0.3) is 0 Å². The Labute approximate surface area is 156 Å². The number of ether oxygens (including phenoxy) is 1. The molecule has 1 saturated heterocycles. The van der Waals surface area contributed by atoms with E-state index in [0.717, 1.165) is 19.4 Å². The number of nitrogens with one attached hydrogen (secondary N) is 1. The molecule has 1 aromatic heterocycles. The fourth-order valence-electron chi connectivity index (χ4n) is 2.72. The number of rotatable bonds is 5. The van der Waals surface area contributed by atoms with Crippen LogP contribution in [0.15, 0.2) is 36.7 Å². The summed E-state index contributed by atoms with van der Waals surface area (Å²) in [7, 11) is 0. The normalized spacial score (nSPS) is 17.2. The number of piperidine rings is 1. The molecule has 8 heteroatoms. The maximum Gasteiger partial charge on any atom is 0.258 e. The smallest absolute Gasteiger partial charge is 0.258 e. The predicted molar refractivity (Wildman–Crippen MR) is 97.4 cm³/mol. The van der Waals surface area contributed by atoms with Gasteiger partial charge in [-0.1, -0.05) is 23.2 Å². The van der Waals surface area contributed by atoms with E-state index in [-0.39, 0.29) is 18.6 Å². The molecule has 0 bridgehead atoms. The van der Waals surface area contributed by atoms with Gasteiger partial charge in [0.2, 0.25) is 5.95 Å². The Balaban J connectivity index is 1.49. The van der Waals surface area contributed by atoms with Crippen molar-refractivity contribution in [3.05, 3.63) is 46.7 Å². The maximum absolute atomic E-state index is 12.1. The third-order valence-corrected chi connectivity index (χ3v) is 4.62. The van der Waals surface area contributed by atoms with E-state index < -0.39 is 0 Å². The SMILES string of the molecule is O=C(COc1ccc(Cl)c(Cl)c1)NC1CCCN(c2ncccn2)C1. The highest BCUT2D eigenvalue weighted by Gasteiger charge is 2.23. The molecule has 6 nitrogen and oxygen atoms in total. The van der Waals surface area contributed by atoms with Crippen LogP contribution in [-0.4, -0.2) is 41.6 Å². The molecular weight excluding hydrogens is 363 g/mol. The van der Waals surface area contributed by atoms with Crippen molar-refractivity contribution < 1.29 is 9.53 Å². The second-order valence-electron chi connectivity index (χ2n) is 5.77. The van der Waals surface area contributed by atoms with Crippen molar-refractivity contribution in [2.24, 2.45) is 0 Å². The fourth-order valence-corrected chi connectivity index (χ4v) is 3.00. The van der Waals surface area contributed by atoms with Gasteiger partial charge in [0.25, 0.3) is 5.91 Å². The Morgan fingerprint density at radius 2 is 2.08 bits per heavy atom. The molecule has 0 aliphatic carbocycles. The van der Waals surface area contributed by atoms with Gasteiger partial charge in [-0.15, -0.1) is 0 Å². The summed E-state index contributed by atoms with van der Waals surface area (Å²) in [6.45, 7) is 1.50. The van der Waals surface area contributed by atoms with E-state index in [1.807, 2.05) is 0 Å². The first-order valence-electron chi connectivity index (χ1n) is 8.01. The Kier molecular flexibility index (Phi) is 5.94. The largest absolute Gasteiger partial charge is 0.484 e. The number of carbonyl (C=O) groups excluding carboxylic acids is 1. The Morgan fingerprint density at radius 1 is 1.28 bits per heavy atom. The molecule has 1 aromatic carbocycles. The number of benzene rings is 1. The zero-order chi connectivity index (χ0) is 17.6. The van der Waals surface area contributed by atoms with Gasteiger partial charge in [-0.05, 0) is 31.0 Å². The van der Waals surface area contributed by atoms with E-state index >= 15 is 0 Å². The number of aromatic nitrogens is 2. The lowest BCUT2D eigenvalue weighted by Crippen LogP contribution is -2.49. The van der Waals surface area contributed by atoms with Crippen LogP contribution < -0.4 is 15.0 Å². The highest BCUT2D eigenvalue weighted by atomic mass is 35.5. The highest BCUT2D eigenvalue weighted by Crippen LogP contribution is 2.26. The summed E-state index contributed by atoms with van der Waals surface area (Å²) in [5.41, 5.74) is 0. The molecule has 132 valence electrons. The van der Waals surface area contributed by atoms with Crippen molar-refractivity contribution in [1.29, 1.82) is 0 Å². The Hall–Kier alpha value is -2.05. The van der Waals surface area contributed by atoms with E-state index in [2.05, 4.69) is 20.2 Å².